The molecule has 1 aromatic heterocycles. The standard InChI is InChI=1S/C24H16BrN3O2/c1-27-21-12-11-15(25)13-18(21)19(23(27)29)14-22-26-20-10-6-5-9-17(20)24(30)28(22)16-7-3-2-4-8-16/h2-14H,1H3/b19-14-. The summed E-state index contributed by atoms with van der Waals surface area (Å²) in [7, 11) is 1.74. The number of hydrogen-bond acceptors (Lipinski definition) is 3. The number of carbonyl (C=O) groups is 1. The summed E-state index contributed by atoms with van der Waals surface area (Å²) in [5.41, 5.74) is 3.24. The molecule has 1 aliphatic rings. The van der Waals surface area contributed by atoms with Crippen LogP contribution in [0, 0.1) is 0 Å². The first-order valence-corrected chi connectivity index (χ1v) is 10.2. The Morgan fingerprint density at radius 3 is 2.47 bits per heavy atom. The van der Waals surface area contributed by atoms with Gasteiger partial charge in [0.25, 0.3) is 11.5 Å². The first-order chi connectivity index (χ1) is 14.5. The molecular weight excluding hydrogens is 442 g/mol. The van der Waals surface area contributed by atoms with Gasteiger partial charge in [-0.2, -0.15) is 0 Å². The summed E-state index contributed by atoms with van der Waals surface area (Å²) in [4.78, 5) is 32.7. The van der Waals surface area contributed by atoms with Crippen LogP contribution < -0.4 is 10.5 Å². The van der Waals surface area contributed by atoms with Gasteiger partial charge >= 0.3 is 0 Å². The van der Waals surface area contributed by atoms with Crippen LogP contribution in [0.2, 0.25) is 0 Å². The maximum absolute atomic E-state index is 13.4. The highest BCUT2D eigenvalue weighted by Gasteiger charge is 2.30. The molecule has 0 spiro atoms. The number of halogens is 1. The minimum atomic E-state index is -0.174. The van der Waals surface area contributed by atoms with Crippen molar-refractivity contribution in [3.8, 4) is 5.69 Å². The molecular formula is C24H16BrN3O2. The Labute approximate surface area is 181 Å². The number of para-hydroxylation sites is 2. The van der Waals surface area contributed by atoms with Crippen LogP contribution in [0.1, 0.15) is 11.4 Å². The third kappa shape index (κ3) is 2.88. The molecule has 3 aromatic carbocycles. The number of hydrogen-bond donors (Lipinski definition) is 0. The second kappa shape index (κ2) is 7.07. The summed E-state index contributed by atoms with van der Waals surface area (Å²) >= 11 is 3.49. The van der Waals surface area contributed by atoms with Gasteiger partial charge < -0.3 is 4.90 Å². The molecule has 0 radical (unpaired) electrons. The lowest BCUT2D eigenvalue weighted by Gasteiger charge is -2.12. The molecule has 30 heavy (non-hydrogen) atoms. The smallest absolute Gasteiger partial charge is 0.266 e. The quantitative estimate of drug-likeness (QED) is 0.411. The van der Waals surface area contributed by atoms with Gasteiger partial charge in [0.05, 0.1) is 27.9 Å². The number of rotatable bonds is 2. The number of nitrogens with zero attached hydrogens (tertiary/aromatic N) is 3. The lowest BCUT2D eigenvalue weighted by atomic mass is 10.1. The van der Waals surface area contributed by atoms with E-state index in [-0.39, 0.29) is 11.5 Å². The number of fused-ring (bicyclic) bond motifs is 2. The van der Waals surface area contributed by atoms with Crippen molar-refractivity contribution in [1.29, 1.82) is 0 Å². The van der Waals surface area contributed by atoms with Gasteiger partial charge in [0.1, 0.15) is 5.82 Å². The number of amides is 1. The molecule has 4 aromatic rings. The summed E-state index contributed by atoms with van der Waals surface area (Å²) in [5, 5.41) is 0.529. The fourth-order valence-electron chi connectivity index (χ4n) is 3.76. The zero-order valence-corrected chi connectivity index (χ0v) is 17.6. The molecule has 0 saturated carbocycles. The zero-order valence-electron chi connectivity index (χ0n) is 16.0. The van der Waals surface area contributed by atoms with E-state index >= 15 is 0 Å². The Bertz CT molecular complexity index is 1410. The molecule has 0 unspecified atom stereocenters. The molecule has 0 saturated heterocycles. The molecule has 5 nitrogen and oxygen atoms in total. The largest absolute Gasteiger partial charge is 0.311 e. The Morgan fingerprint density at radius 2 is 1.67 bits per heavy atom. The van der Waals surface area contributed by atoms with E-state index in [1.165, 1.54) is 0 Å². The number of carbonyl (C=O) groups excluding carboxylic acids is 1. The summed E-state index contributed by atoms with van der Waals surface area (Å²) in [6, 6.07) is 22.3. The van der Waals surface area contributed by atoms with E-state index in [0.717, 1.165) is 15.7 Å². The highest BCUT2D eigenvalue weighted by atomic mass is 79.9. The third-order valence-electron chi connectivity index (χ3n) is 5.23. The Morgan fingerprint density at radius 1 is 0.933 bits per heavy atom. The van der Waals surface area contributed by atoms with E-state index in [1.54, 1.807) is 34.7 Å². The fourth-order valence-corrected chi connectivity index (χ4v) is 4.12. The van der Waals surface area contributed by atoms with Gasteiger partial charge in [-0.15, -0.1) is 0 Å². The number of likely N-dealkylation sites (N-methyl/N-ethyl adjacent to an activating group) is 1. The van der Waals surface area contributed by atoms with E-state index in [0.29, 0.717) is 28.0 Å². The number of anilines is 1. The van der Waals surface area contributed by atoms with Crippen molar-refractivity contribution in [2.75, 3.05) is 11.9 Å². The first-order valence-electron chi connectivity index (χ1n) is 9.41. The Hall–Kier alpha value is -3.51. The Kier molecular flexibility index (Phi) is 4.37. The zero-order chi connectivity index (χ0) is 20.8. The average molecular weight is 458 g/mol. The van der Waals surface area contributed by atoms with Gasteiger partial charge in [0.2, 0.25) is 0 Å². The molecule has 0 atom stereocenters. The van der Waals surface area contributed by atoms with E-state index < -0.39 is 0 Å². The lowest BCUT2D eigenvalue weighted by Crippen LogP contribution is -2.23. The summed E-state index contributed by atoms with van der Waals surface area (Å²) < 4.78 is 2.43. The van der Waals surface area contributed by atoms with Gasteiger partial charge in [-0.25, -0.2) is 4.98 Å². The van der Waals surface area contributed by atoms with Crippen LogP contribution in [-0.4, -0.2) is 22.5 Å². The van der Waals surface area contributed by atoms with Crippen molar-refractivity contribution in [3.63, 3.8) is 0 Å². The van der Waals surface area contributed by atoms with Gasteiger partial charge in [0, 0.05) is 17.1 Å². The molecule has 2 heterocycles. The molecule has 0 bridgehead atoms. The summed E-state index contributed by atoms with van der Waals surface area (Å²) in [6.07, 6.45) is 1.71. The van der Waals surface area contributed by atoms with Gasteiger partial charge in [0.15, 0.2) is 0 Å². The summed E-state index contributed by atoms with van der Waals surface area (Å²) in [6.45, 7) is 0. The van der Waals surface area contributed by atoms with E-state index in [1.807, 2.05) is 60.7 Å². The maximum Gasteiger partial charge on any atom is 0.266 e. The lowest BCUT2D eigenvalue weighted by molar-refractivity contribution is -0.112. The minimum absolute atomic E-state index is 0.134. The van der Waals surface area contributed by atoms with Crippen LogP contribution in [0.3, 0.4) is 0 Å². The SMILES string of the molecule is CN1C(=O)/C(=C\c2nc3ccccc3c(=O)n2-c2ccccc2)c2cc(Br)ccc21. The topological polar surface area (TPSA) is 55.2 Å². The molecule has 1 aliphatic heterocycles. The highest BCUT2D eigenvalue weighted by molar-refractivity contribution is 9.10. The van der Waals surface area contributed by atoms with Crippen LogP contribution in [-0.2, 0) is 4.79 Å². The van der Waals surface area contributed by atoms with E-state index in [2.05, 4.69) is 15.9 Å². The van der Waals surface area contributed by atoms with Crippen LogP contribution in [0.15, 0.2) is 82.1 Å². The van der Waals surface area contributed by atoms with Gasteiger partial charge in [-0.05, 0) is 48.5 Å². The van der Waals surface area contributed by atoms with Crippen molar-refractivity contribution in [1.82, 2.24) is 9.55 Å². The summed E-state index contributed by atoms with van der Waals surface area (Å²) in [5.74, 6) is 0.277. The van der Waals surface area contributed by atoms with Crippen molar-refractivity contribution in [2.45, 2.75) is 0 Å². The molecule has 1 amide bonds. The molecule has 5 rings (SSSR count). The van der Waals surface area contributed by atoms with Crippen molar-refractivity contribution < 1.29 is 4.79 Å². The minimum Gasteiger partial charge on any atom is -0.311 e. The van der Waals surface area contributed by atoms with Crippen LogP contribution in [0.5, 0.6) is 0 Å². The maximum atomic E-state index is 13.4. The molecule has 0 fully saturated rings. The van der Waals surface area contributed by atoms with Crippen molar-refractivity contribution in [2.24, 2.45) is 0 Å². The Balaban J connectivity index is 1.83. The number of aromatic nitrogens is 2. The van der Waals surface area contributed by atoms with Crippen LogP contribution in [0.4, 0.5) is 5.69 Å². The fraction of sp³-hybridized carbons (Fsp3) is 0.0417. The molecule has 6 heteroatoms. The predicted octanol–water partition coefficient (Wildman–Crippen LogP) is 4.67. The van der Waals surface area contributed by atoms with Gasteiger partial charge in [-0.3, -0.25) is 14.2 Å². The van der Waals surface area contributed by atoms with E-state index in [4.69, 9.17) is 4.98 Å². The molecule has 146 valence electrons. The average Bonchev–Trinajstić information content (AvgIpc) is 2.99. The predicted molar refractivity (Wildman–Crippen MR) is 123 cm³/mol. The number of benzene rings is 3. The second-order valence-corrected chi connectivity index (χ2v) is 7.96. The highest BCUT2D eigenvalue weighted by Crippen LogP contribution is 2.38. The first kappa shape index (κ1) is 18.5. The normalized spacial score (nSPS) is 14.5. The molecule has 0 aliphatic carbocycles. The van der Waals surface area contributed by atoms with Crippen molar-refractivity contribution in [3.05, 3.63) is 99.0 Å². The molecule has 0 N–H and O–H groups in total. The van der Waals surface area contributed by atoms with Gasteiger partial charge in [-0.1, -0.05) is 46.3 Å². The van der Waals surface area contributed by atoms with Crippen LogP contribution >= 0.6 is 15.9 Å². The van der Waals surface area contributed by atoms with Crippen LogP contribution in [0.25, 0.3) is 28.2 Å². The second-order valence-electron chi connectivity index (χ2n) is 7.05. The third-order valence-corrected chi connectivity index (χ3v) is 5.73. The van der Waals surface area contributed by atoms with Crippen molar-refractivity contribution >= 4 is 50.1 Å². The monoisotopic (exact) mass is 457 g/mol. The van der Waals surface area contributed by atoms with E-state index in [9.17, 15) is 9.59 Å².